The summed E-state index contributed by atoms with van der Waals surface area (Å²) in [6.07, 6.45) is 0. The minimum absolute atomic E-state index is 0.0363. The zero-order valence-corrected chi connectivity index (χ0v) is 17.9. The van der Waals surface area contributed by atoms with Crippen molar-refractivity contribution in [2.75, 3.05) is 0 Å². The molecule has 0 N–H and O–H groups in total. The van der Waals surface area contributed by atoms with Crippen molar-refractivity contribution in [3.63, 3.8) is 0 Å². The van der Waals surface area contributed by atoms with E-state index in [1.54, 1.807) is 0 Å². The molecule has 1 aliphatic rings. The van der Waals surface area contributed by atoms with Gasteiger partial charge < -0.3 is 0 Å². The molecule has 0 amide bonds. The van der Waals surface area contributed by atoms with E-state index in [0.717, 1.165) is 11.3 Å². The van der Waals surface area contributed by atoms with Crippen molar-refractivity contribution in [1.82, 2.24) is 4.40 Å². The summed E-state index contributed by atoms with van der Waals surface area (Å²) in [4.78, 5) is 13.2. The van der Waals surface area contributed by atoms with Crippen LogP contribution in [0.3, 0.4) is 0 Å². The van der Waals surface area contributed by atoms with Gasteiger partial charge in [-0.2, -0.15) is 0 Å². The number of nitrogens with zero attached hydrogens (tertiary/aromatic N) is 1. The first-order valence-electron chi connectivity index (χ1n) is 9.37. The van der Waals surface area contributed by atoms with Crippen molar-refractivity contribution in [1.29, 1.82) is 0 Å². The SMILES string of the molecule is Cc1c(C)c(C)n2c(=O)c(C)c(C)c3c2c1C(C)(C)C(C)(C)C3(C)C. The van der Waals surface area contributed by atoms with Crippen molar-refractivity contribution in [3.8, 4) is 0 Å². The average Bonchev–Trinajstić information content (AvgIpc) is 2.48. The van der Waals surface area contributed by atoms with Crippen LogP contribution in [0.25, 0.3) is 5.52 Å². The Bertz CT molecular complexity index is 960. The van der Waals surface area contributed by atoms with Crippen LogP contribution in [0.4, 0.5) is 0 Å². The van der Waals surface area contributed by atoms with E-state index in [0.29, 0.717) is 0 Å². The van der Waals surface area contributed by atoms with E-state index in [2.05, 4.69) is 69.2 Å². The van der Waals surface area contributed by atoms with Crippen LogP contribution in [-0.4, -0.2) is 4.40 Å². The summed E-state index contributed by atoms with van der Waals surface area (Å²) in [5, 5.41) is 0. The maximum Gasteiger partial charge on any atom is 0.258 e. The number of hydrogen-bond donors (Lipinski definition) is 0. The van der Waals surface area contributed by atoms with Gasteiger partial charge in [-0.05, 0) is 78.7 Å². The average molecular weight is 340 g/mol. The van der Waals surface area contributed by atoms with Crippen LogP contribution in [0, 0.1) is 40.0 Å². The molecular formula is C23H33NO. The van der Waals surface area contributed by atoms with Crippen molar-refractivity contribution >= 4 is 5.52 Å². The Kier molecular flexibility index (Phi) is 3.48. The van der Waals surface area contributed by atoms with E-state index < -0.39 is 0 Å². The van der Waals surface area contributed by atoms with Crippen molar-refractivity contribution in [2.45, 2.75) is 87.0 Å². The largest absolute Gasteiger partial charge is 0.280 e. The van der Waals surface area contributed by atoms with Crippen molar-refractivity contribution < 1.29 is 0 Å². The van der Waals surface area contributed by atoms with Gasteiger partial charge in [-0.3, -0.25) is 9.20 Å². The molecule has 0 saturated carbocycles. The quantitative estimate of drug-likeness (QED) is 0.626. The van der Waals surface area contributed by atoms with Gasteiger partial charge in [0.05, 0.1) is 5.52 Å². The van der Waals surface area contributed by atoms with Gasteiger partial charge in [0.1, 0.15) is 0 Å². The summed E-state index contributed by atoms with van der Waals surface area (Å²) in [5.41, 5.74) is 9.72. The van der Waals surface area contributed by atoms with Gasteiger partial charge in [0.2, 0.25) is 0 Å². The monoisotopic (exact) mass is 339 g/mol. The Morgan fingerprint density at radius 3 is 1.48 bits per heavy atom. The van der Waals surface area contributed by atoms with Gasteiger partial charge in [-0.15, -0.1) is 0 Å². The number of aromatic nitrogens is 1. The summed E-state index contributed by atoms with van der Waals surface area (Å²) in [6, 6.07) is 0. The molecule has 0 fully saturated rings. The van der Waals surface area contributed by atoms with Gasteiger partial charge in [0.15, 0.2) is 0 Å². The molecule has 3 rings (SSSR count). The zero-order chi connectivity index (χ0) is 19.3. The first kappa shape index (κ1) is 18.2. The second kappa shape index (κ2) is 4.78. The van der Waals surface area contributed by atoms with Crippen LogP contribution in [0.2, 0.25) is 0 Å². The highest BCUT2D eigenvalue weighted by molar-refractivity contribution is 5.75. The molecule has 0 saturated heterocycles. The van der Waals surface area contributed by atoms with E-state index in [9.17, 15) is 4.79 Å². The maximum absolute atomic E-state index is 13.2. The number of rotatable bonds is 0. The summed E-state index contributed by atoms with van der Waals surface area (Å²) in [5.74, 6) is 0. The van der Waals surface area contributed by atoms with E-state index in [-0.39, 0.29) is 21.8 Å². The van der Waals surface area contributed by atoms with Gasteiger partial charge in [0, 0.05) is 11.3 Å². The van der Waals surface area contributed by atoms with E-state index in [1.165, 1.54) is 33.3 Å². The molecule has 0 spiro atoms. The minimum atomic E-state index is -0.0363. The standard InChI is InChI=1S/C23H33NO/c1-12-13(2)17-19-18(22(8,9)23(10,11)21(17,6)7)14(3)15(4)20(25)24(19)16(12)5/h1-11H3. The highest BCUT2D eigenvalue weighted by Crippen LogP contribution is 2.60. The third-order valence-corrected chi connectivity index (χ3v) is 8.35. The fourth-order valence-electron chi connectivity index (χ4n) is 5.20. The molecule has 25 heavy (non-hydrogen) atoms. The van der Waals surface area contributed by atoms with Crippen LogP contribution in [0.5, 0.6) is 0 Å². The molecule has 2 nitrogen and oxygen atoms in total. The fraction of sp³-hybridized carbons (Fsp3) is 0.609. The highest BCUT2D eigenvalue weighted by atomic mass is 16.1. The van der Waals surface area contributed by atoms with Gasteiger partial charge >= 0.3 is 0 Å². The van der Waals surface area contributed by atoms with Gasteiger partial charge in [-0.1, -0.05) is 41.5 Å². The molecule has 1 aliphatic carbocycles. The number of hydrogen-bond acceptors (Lipinski definition) is 1. The molecular weight excluding hydrogens is 306 g/mol. The first-order chi connectivity index (χ1) is 11.2. The number of pyridine rings is 2. The Labute approximate surface area is 152 Å². The molecule has 136 valence electrons. The summed E-state index contributed by atoms with van der Waals surface area (Å²) in [6.45, 7) is 24.8. The first-order valence-corrected chi connectivity index (χ1v) is 9.37. The minimum Gasteiger partial charge on any atom is -0.280 e. The zero-order valence-electron chi connectivity index (χ0n) is 17.9. The lowest BCUT2D eigenvalue weighted by molar-refractivity contribution is 0.0847. The fourth-order valence-corrected chi connectivity index (χ4v) is 5.20. The molecule has 2 aromatic rings. The molecule has 2 heteroatoms. The third kappa shape index (κ3) is 1.78. The maximum atomic E-state index is 13.2. The Morgan fingerprint density at radius 2 is 1.04 bits per heavy atom. The molecule has 0 unspecified atom stereocenters. The lowest BCUT2D eigenvalue weighted by atomic mass is 9.47. The predicted molar refractivity (Wildman–Crippen MR) is 107 cm³/mol. The Morgan fingerprint density at radius 1 is 0.640 bits per heavy atom. The van der Waals surface area contributed by atoms with Crippen molar-refractivity contribution in [2.24, 2.45) is 5.41 Å². The molecule has 0 bridgehead atoms. The highest BCUT2D eigenvalue weighted by Gasteiger charge is 2.55. The second-order valence-electron chi connectivity index (χ2n) is 9.70. The summed E-state index contributed by atoms with van der Waals surface area (Å²) < 4.78 is 2.01. The van der Waals surface area contributed by atoms with Gasteiger partial charge in [0.25, 0.3) is 5.56 Å². The number of aryl methyl sites for hydroxylation is 1. The molecule has 2 aromatic heterocycles. The normalized spacial score (nSPS) is 20.1. The lowest BCUT2D eigenvalue weighted by Crippen LogP contribution is -2.54. The van der Waals surface area contributed by atoms with Crippen LogP contribution in [0.15, 0.2) is 4.79 Å². The molecule has 0 radical (unpaired) electrons. The molecule has 0 aliphatic heterocycles. The van der Waals surface area contributed by atoms with E-state index in [1.807, 2.05) is 11.3 Å². The van der Waals surface area contributed by atoms with E-state index >= 15 is 0 Å². The molecule has 2 heterocycles. The Balaban J connectivity index is 2.84. The molecule has 0 atom stereocenters. The van der Waals surface area contributed by atoms with Crippen LogP contribution >= 0.6 is 0 Å². The van der Waals surface area contributed by atoms with Crippen LogP contribution in [-0.2, 0) is 10.8 Å². The lowest BCUT2D eigenvalue weighted by Gasteiger charge is -2.57. The summed E-state index contributed by atoms with van der Waals surface area (Å²) >= 11 is 0. The van der Waals surface area contributed by atoms with Crippen molar-refractivity contribution in [3.05, 3.63) is 49.4 Å². The van der Waals surface area contributed by atoms with E-state index in [4.69, 9.17) is 0 Å². The summed E-state index contributed by atoms with van der Waals surface area (Å²) in [7, 11) is 0. The third-order valence-electron chi connectivity index (χ3n) is 8.35. The predicted octanol–water partition coefficient (Wildman–Crippen LogP) is 5.44. The van der Waals surface area contributed by atoms with Crippen LogP contribution in [0.1, 0.15) is 80.6 Å². The smallest absolute Gasteiger partial charge is 0.258 e. The van der Waals surface area contributed by atoms with Gasteiger partial charge in [-0.25, -0.2) is 0 Å². The second-order valence-corrected chi connectivity index (χ2v) is 9.70. The molecule has 0 aromatic carbocycles. The topological polar surface area (TPSA) is 21.5 Å². The van der Waals surface area contributed by atoms with Crippen LogP contribution < -0.4 is 5.56 Å². The Hall–Kier alpha value is -1.57.